The highest BCUT2D eigenvalue weighted by molar-refractivity contribution is 5.97. The summed E-state index contributed by atoms with van der Waals surface area (Å²) < 4.78 is 5.21. The van der Waals surface area contributed by atoms with Crippen molar-refractivity contribution in [1.29, 1.82) is 0 Å². The van der Waals surface area contributed by atoms with Gasteiger partial charge in [0.05, 0.1) is 12.6 Å². The van der Waals surface area contributed by atoms with Crippen LogP contribution in [0.15, 0.2) is 18.2 Å². The third-order valence-corrected chi connectivity index (χ3v) is 3.46. The van der Waals surface area contributed by atoms with E-state index in [0.29, 0.717) is 12.2 Å². The molecule has 0 radical (unpaired) electrons. The van der Waals surface area contributed by atoms with Crippen molar-refractivity contribution in [2.75, 3.05) is 11.4 Å². The molecule has 0 spiro atoms. The van der Waals surface area contributed by atoms with Crippen LogP contribution in [0.2, 0.25) is 0 Å². The van der Waals surface area contributed by atoms with Gasteiger partial charge in [-0.15, -0.1) is 0 Å². The summed E-state index contributed by atoms with van der Waals surface area (Å²) in [6, 6.07) is 5.01. The number of hydrogen-bond acceptors (Lipinski definition) is 3. The molecule has 0 bridgehead atoms. The fraction of sp³-hybridized carbons (Fsp3) is 0.471. The Hall–Kier alpha value is -2.55. The van der Waals surface area contributed by atoms with Gasteiger partial charge in [0, 0.05) is 18.7 Å². The van der Waals surface area contributed by atoms with Crippen LogP contribution in [-0.4, -0.2) is 30.2 Å². The fourth-order valence-electron chi connectivity index (χ4n) is 2.46. The molecule has 1 fully saturated rings. The number of carbonyl (C=O) groups excluding carboxylic acids is 2. The quantitative estimate of drug-likeness (QED) is 0.853. The zero-order valence-electron chi connectivity index (χ0n) is 13.8. The number of hydrogen-bond donors (Lipinski definition) is 1. The largest absolute Gasteiger partial charge is 0.444 e. The summed E-state index contributed by atoms with van der Waals surface area (Å²) in [5, 5.41) is 2.73. The fourth-order valence-corrected chi connectivity index (χ4v) is 2.46. The van der Waals surface area contributed by atoms with Gasteiger partial charge in [-0.05, 0) is 45.4 Å². The number of nitrogens with zero attached hydrogens (tertiary/aromatic N) is 2. The first-order valence-electron chi connectivity index (χ1n) is 7.47. The number of ether oxygens (including phenoxy) is 1. The first-order valence-corrected chi connectivity index (χ1v) is 7.47. The molecule has 6 nitrogen and oxygen atoms in total. The van der Waals surface area contributed by atoms with Gasteiger partial charge in [0.25, 0.3) is 0 Å². The second kappa shape index (κ2) is 6.29. The van der Waals surface area contributed by atoms with Gasteiger partial charge in [0.15, 0.2) is 5.69 Å². The average Bonchev–Trinajstić information content (AvgIpc) is 2.77. The number of carbonyl (C=O) groups is 2. The molecule has 2 rings (SSSR count). The number of benzene rings is 1. The monoisotopic (exact) mass is 315 g/mol. The molecule has 122 valence electrons. The Morgan fingerprint density at radius 1 is 1.43 bits per heavy atom. The van der Waals surface area contributed by atoms with Crippen LogP contribution in [0.25, 0.3) is 4.85 Å². The summed E-state index contributed by atoms with van der Waals surface area (Å²) in [7, 11) is 0. The van der Waals surface area contributed by atoms with Gasteiger partial charge in [-0.3, -0.25) is 4.79 Å². The Morgan fingerprint density at radius 2 is 2.13 bits per heavy atom. The highest BCUT2D eigenvalue weighted by Gasteiger charge is 2.32. The highest BCUT2D eigenvalue weighted by Crippen LogP contribution is 2.27. The van der Waals surface area contributed by atoms with E-state index >= 15 is 0 Å². The Labute approximate surface area is 136 Å². The lowest BCUT2D eigenvalue weighted by molar-refractivity contribution is -0.117. The van der Waals surface area contributed by atoms with Gasteiger partial charge in [0.1, 0.15) is 5.60 Å². The van der Waals surface area contributed by atoms with E-state index in [0.717, 1.165) is 11.3 Å². The van der Waals surface area contributed by atoms with Crippen LogP contribution in [0.3, 0.4) is 0 Å². The Morgan fingerprint density at radius 3 is 2.70 bits per heavy atom. The minimum atomic E-state index is -0.570. The molecule has 23 heavy (non-hydrogen) atoms. The zero-order valence-corrected chi connectivity index (χ0v) is 13.8. The molecule has 6 heteroatoms. The number of amides is 2. The van der Waals surface area contributed by atoms with Crippen molar-refractivity contribution >= 4 is 23.4 Å². The van der Waals surface area contributed by atoms with Crippen molar-refractivity contribution in [2.24, 2.45) is 0 Å². The molecule has 1 N–H and O–H groups in total. The number of nitrogens with one attached hydrogen (secondary N) is 1. The van der Waals surface area contributed by atoms with Crippen LogP contribution in [0.5, 0.6) is 0 Å². The minimum Gasteiger partial charge on any atom is -0.444 e. The van der Waals surface area contributed by atoms with E-state index in [1.807, 2.05) is 13.0 Å². The molecule has 0 aromatic heterocycles. The lowest BCUT2D eigenvalue weighted by atomic mass is 10.1. The number of aryl methyl sites for hydroxylation is 1. The minimum absolute atomic E-state index is 0.0546. The van der Waals surface area contributed by atoms with Gasteiger partial charge in [-0.25, -0.2) is 9.64 Å². The molecule has 1 heterocycles. The topological polar surface area (TPSA) is 63.0 Å². The summed E-state index contributed by atoms with van der Waals surface area (Å²) >= 11 is 0. The molecule has 1 unspecified atom stereocenters. The molecular formula is C17H21N3O3. The maximum atomic E-state index is 12.2. The summed E-state index contributed by atoms with van der Waals surface area (Å²) in [4.78, 5) is 29.0. The van der Waals surface area contributed by atoms with Crippen LogP contribution in [-0.2, 0) is 9.53 Å². The lowest BCUT2D eigenvalue weighted by Gasteiger charge is -2.22. The van der Waals surface area contributed by atoms with Crippen molar-refractivity contribution < 1.29 is 14.3 Å². The third-order valence-electron chi connectivity index (χ3n) is 3.46. The van der Waals surface area contributed by atoms with Gasteiger partial charge < -0.3 is 15.0 Å². The highest BCUT2D eigenvalue weighted by atomic mass is 16.6. The van der Waals surface area contributed by atoms with Crippen LogP contribution >= 0.6 is 0 Å². The van der Waals surface area contributed by atoms with Crippen LogP contribution in [0.4, 0.5) is 16.2 Å². The summed E-state index contributed by atoms with van der Waals surface area (Å²) in [6.45, 7) is 14.7. The third kappa shape index (κ3) is 4.22. The van der Waals surface area contributed by atoms with Crippen LogP contribution in [0.1, 0.15) is 32.8 Å². The van der Waals surface area contributed by atoms with Gasteiger partial charge in [0.2, 0.25) is 5.91 Å². The molecule has 2 amide bonds. The van der Waals surface area contributed by atoms with Crippen molar-refractivity contribution in [3.63, 3.8) is 0 Å². The normalized spacial score (nSPS) is 17.8. The second-order valence-electron chi connectivity index (χ2n) is 6.63. The average molecular weight is 315 g/mol. The Bertz CT molecular complexity index is 671. The predicted molar refractivity (Wildman–Crippen MR) is 87.6 cm³/mol. The maximum absolute atomic E-state index is 12.2. The van der Waals surface area contributed by atoms with Gasteiger partial charge in [-0.2, -0.15) is 0 Å². The summed E-state index contributed by atoms with van der Waals surface area (Å²) in [6.07, 6.45) is -0.278. The molecular weight excluding hydrogens is 294 g/mol. The number of alkyl carbamates (subject to hydrolysis) is 1. The Balaban J connectivity index is 2.04. The molecule has 0 aliphatic carbocycles. The number of anilines is 1. The van der Waals surface area contributed by atoms with Crippen molar-refractivity contribution in [1.82, 2.24) is 5.32 Å². The van der Waals surface area contributed by atoms with E-state index in [2.05, 4.69) is 10.2 Å². The smallest absolute Gasteiger partial charge is 0.407 e. The van der Waals surface area contributed by atoms with Crippen molar-refractivity contribution in [3.05, 3.63) is 35.2 Å². The number of rotatable bonds is 2. The molecule has 0 saturated carbocycles. The molecule has 1 aromatic carbocycles. The van der Waals surface area contributed by atoms with Gasteiger partial charge >= 0.3 is 6.09 Å². The molecule has 1 saturated heterocycles. The first-order chi connectivity index (χ1) is 10.7. The van der Waals surface area contributed by atoms with E-state index in [1.54, 1.807) is 37.8 Å². The van der Waals surface area contributed by atoms with E-state index in [-0.39, 0.29) is 18.4 Å². The van der Waals surface area contributed by atoms with Crippen molar-refractivity contribution in [3.8, 4) is 0 Å². The predicted octanol–water partition coefficient (Wildman–Crippen LogP) is 3.18. The second-order valence-corrected chi connectivity index (χ2v) is 6.63. The molecule has 1 aliphatic heterocycles. The standard InChI is InChI=1S/C17H21N3O3/c1-11-8-13(6-7-14(11)18-5)20-10-12(9-15(20)21)19-16(22)23-17(2,3)4/h6-8,12H,9-10H2,1-4H3,(H,19,22). The Kier molecular flexibility index (Phi) is 4.60. The van der Waals surface area contributed by atoms with E-state index in [1.165, 1.54) is 0 Å². The lowest BCUT2D eigenvalue weighted by Crippen LogP contribution is -2.40. The van der Waals surface area contributed by atoms with Gasteiger partial charge in [-0.1, -0.05) is 6.07 Å². The van der Waals surface area contributed by atoms with Crippen LogP contribution < -0.4 is 10.2 Å². The molecule has 1 aliphatic rings. The SMILES string of the molecule is [C-]#[N+]c1ccc(N2CC(NC(=O)OC(C)(C)C)CC2=O)cc1C. The zero-order chi connectivity index (χ0) is 17.2. The van der Waals surface area contributed by atoms with E-state index < -0.39 is 11.7 Å². The van der Waals surface area contributed by atoms with Crippen molar-refractivity contribution in [2.45, 2.75) is 45.8 Å². The first kappa shape index (κ1) is 16.8. The molecule has 1 aromatic rings. The molecule has 1 atom stereocenters. The van der Waals surface area contributed by atoms with E-state index in [9.17, 15) is 9.59 Å². The van der Waals surface area contributed by atoms with E-state index in [4.69, 9.17) is 11.3 Å². The maximum Gasteiger partial charge on any atom is 0.407 e. The summed E-state index contributed by atoms with van der Waals surface area (Å²) in [5.74, 6) is -0.0546. The van der Waals surface area contributed by atoms with Crippen LogP contribution in [0, 0.1) is 13.5 Å². The summed E-state index contributed by atoms with van der Waals surface area (Å²) in [5.41, 5.74) is 1.57.